The summed E-state index contributed by atoms with van der Waals surface area (Å²) in [5.41, 5.74) is 2.97. The Morgan fingerprint density at radius 1 is 0.979 bits per heavy atom. The zero-order valence-electron chi connectivity index (χ0n) is 28.3. The van der Waals surface area contributed by atoms with Crippen LogP contribution in [0.15, 0.2) is 83.3 Å². The van der Waals surface area contributed by atoms with Gasteiger partial charge in [0.25, 0.3) is 0 Å². The Labute approximate surface area is 282 Å². The Morgan fingerprint density at radius 2 is 1.75 bits per heavy atom. The second kappa shape index (κ2) is 16.0. The highest BCUT2D eigenvalue weighted by molar-refractivity contribution is 5.84. The second-order valence-electron chi connectivity index (χ2n) is 12.9. The summed E-state index contributed by atoms with van der Waals surface area (Å²) in [5, 5.41) is 10.5. The molecule has 0 aliphatic heterocycles. The average Bonchev–Trinajstić information content (AvgIpc) is 3.47. The summed E-state index contributed by atoms with van der Waals surface area (Å²) in [6.07, 6.45) is 3.90. The molecule has 5 rings (SSSR count). The van der Waals surface area contributed by atoms with E-state index in [0.29, 0.717) is 24.7 Å². The van der Waals surface area contributed by atoms with Gasteiger partial charge in [-0.15, -0.1) is 0 Å². The number of hydrogen-bond acceptors (Lipinski definition) is 7. The number of rotatable bonds is 14. The van der Waals surface area contributed by atoms with E-state index in [1.54, 1.807) is 26.2 Å². The number of carbonyl (C=O) groups excluding carboxylic acids is 1. The topological polar surface area (TPSA) is 111 Å². The van der Waals surface area contributed by atoms with Gasteiger partial charge >= 0.3 is 12.1 Å². The number of hydrogen-bond donors (Lipinski definition) is 1. The summed E-state index contributed by atoms with van der Waals surface area (Å²) in [7, 11) is 1.59. The van der Waals surface area contributed by atoms with E-state index < -0.39 is 17.6 Å². The Balaban J connectivity index is 1.24. The number of aromatic nitrogens is 1. The lowest BCUT2D eigenvalue weighted by Crippen LogP contribution is -2.57. The molecule has 0 bridgehead atoms. The fourth-order valence-corrected chi connectivity index (χ4v) is 6.39. The maximum atomic E-state index is 13.7. The quantitative estimate of drug-likeness (QED) is 0.145. The number of carboxylic acid groups (broad SMARTS) is 1. The minimum atomic E-state index is -1.51. The molecule has 254 valence electrons. The number of aryl methyl sites for hydroxylation is 2. The Kier molecular flexibility index (Phi) is 11.5. The number of methoxy groups -OCH3 is 1. The smallest absolute Gasteiger partial charge is 0.411 e. The zero-order valence-corrected chi connectivity index (χ0v) is 28.3. The van der Waals surface area contributed by atoms with E-state index >= 15 is 0 Å². The van der Waals surface area contributed by atoms with Crippen LogP contribution in [-0.2, 0) is 33.9 Å². The molecule has 9 nitrogen and oxygen atoms in total. The number of oxazole rings is 1. The van der Waals surface area contributed by atoms with E-state index in [0.717, 1.165) is 59.4 Å². The third kappa shape index (κ3) is 8.83. The third-order valence-corrected chi connectivity index (χ3v) is 9.30. The van der Waals surface area contributed by atoms with Crippen LogP contribution < -0.4 is 4.74 Å². The van der Waals surface area contributed by atoms with Crippen molar-refractivity contribution in [2.24, 2.45) is 5.92 Å². The molecule has 1 saturated carbocycles. The second-order valence-corrected chi connectivity index (χ2v) is 12.9. The molecule has 9 heteroatoms. The molecule has 1 aromatic heterocycles. The van der Waals surface area contributed by atoms with Crippen LogP contribution in [0.2, 0.25) is 0 Å². The van der Waals surface area contributed by atoms with Gasteiger partial charge in [-0.1, -0.05) is 73.0 Å². The van der Waals surface area contributed by atoms with Gasteiger partial charge < -0.3 is 23.7 Å². The monoisotopic (exact) mass is 654 g/mol. The molecule has 1 fully saturated rings. The van der Waals surface area contributed by atoms with Crippen LogP contribution in [0, 0.1) is 19.8 Å². The molecule has 1 N–H and O–H groups in total. The Bertz CT molecular complexity index is 1650. The molecule has 1 amide bonds. The lowest BCUT2D eigenvalue weighted by Gasteiger charge is -2.39. The molecule has 3 atom stereocenters. The predicted molar refractivity (Wildman–Crippen MR) is 183 cm³/mol. The fourth-order valence-electron chi connectivity index (χ4n) is 6.39. The van der Waals surface area contributed by atoms with Gasteiger partial charge in [0, 0.05) is 18.5 Å². The van der Waals surface area contributed by atoms with Gasteiger partial charge in [-0.3, -0.25) is 4.90 Å². The van der Waals surface area contributed by atoms with Crippen LogP contribution in [0.3, 0.4) is 0 Å². The lowest BCUT2D eigenvalue weighted by atomic mass is 9.84. The number of amides is 1. The highest BCUT2D eigenvalue weighted by Crippen LogP contribution is 2.32. The van der Waals surface area contributed by atoms with Crippen molar-refractivity contribution in [3.63, 3.8) is 0 Å². The first-order valence-corrected chi connectivity index (χ1v) is 16.6. The summed E-state index contributed by atoms with van der Waals surface area (Å²) >= 11 is 0. The van der Waals surface area contributed by atoms with Crippen LogP contribution in [-0.4, -0.2) is 52.4 Å². The van der Waals surface area contributed by atoms with Crippen molar-refractivity contribution < 1.29 is 33.3 Å². The first-order valence-electron chi connectivity index (χ1n) is 16.6. The average molecular weight is 655 g/mol. The van der Waals surface area contributed by atoms with Gasteiger partial charge in [-0.25, -0.2) is 14.6 Å². The van der Waals surface area contributed by atoms with E-state index in [1.165, 1.54) is 4.90 Å². The van der Waals surface area contributed by atoms with Crippen molar-refractivity contribution in [3.05, 3.63) is 107 Å². The van der Waals surface area contributed by atoms with Gasteiger partial charge in [0.05, 0.1) is 19.8 Å². The fraction of sp³-hybridized carbons (Fsp3) is 0.410. The number of carbonyl (C=O) groups is 2. The van der Waals surface area contributed by atoms with Crippen LogP contribution in [0.25, 0.3) is 11.5 Å². The molecule has 0 saturated heterocycles. The van der Waals surface area contributed by atoms with Crippen molar-refractivity contribution in [1.82, 2.24) is 9.88 Å². The minimum absolute atomic E-state index is 0.0206. The number of aliphatic carboxylic acids is 1. The van der Waals surface area contributed by atoms with Crippen LogP contribution in [0.1, 0.15) is 67.2 Å². The Hall–Kier alpha value is -4.63. The van der Waals surface area contributed by atoms with Crippen LogP contribution in [0.4, 0.5) is 4.79 Å². The molecular formula is C39H46N2O7. The van der Waals surface area contributed by atoms with E-state index in [1.807, 2.05) is 74.5 Å². The normalized spacial score (nSPS) is 17.3. The van der Waals surface area contributed by atoms with Crippen molar-refractivity contribution in [2.45, 2.75) is 84.2 Å². The van der Waals surface area contributed by atoms with Crippen LogP contribution in [0.5, 0.6) is 5.75 Å². The molecule has 48 heavy (non-hydrogen) atoms. The largest absolute Gasteiger partial charge is 0.497 e. The summed E-state index contributed by atoms with van der Waals surface area (Å²) in [4.78, 5) is 32.7. The first-order chi connectivity index (χ1) is 23.1. The molecule has 4 aromatic rings. The first kappa shape index (κ1) is 34.7. The lowest BCUT2D eigenvalue weighted by molar-refractivity contribution is -0.149. The van der Waals surface area contributed by atoms with Gasteiger partial charge in [-0.05, 0) is 81.3 Å². The SMILES string of the molecule is COc1ccc(COC(=O)N(CCC2CCCC(OCc3nc(-c4cccc(C)c4)oc3C)C2)[C@](C)(Cc2ccccc2)C(=O)O)cc1. The number of benzene rings is 3. The van der Waals surface area contributed by atoms with Gasteiger partial charge in [-0.2, -0.15) is 0 Å². The highest BCUT2D eigenvalue weighted by Gasteiger charge is 2.43. The molecule has 1 aliphatic carbocycles. The van der Waals surface area contributed by atoms with Crippen molar-refractivity contribution in [3.8, 4) is 17.2 Å². The van der Waals surface area contributed by atoms with Crippen molar-refractivity contribution >= 4 is 12.1 Å². The minimum Gasteiger partial charge on any atom is -0.497 e. The molecule has 3 aromatic carbocycles. The molecule has 2 unspecified atom stereocenters. The van der Waals surface area contributed by atoms with Gasteiger partial charge in [0.1, 0.15) is 29.3 Å². The highest BCUT2D eigenvalue weighted by atomic mass is 16.6. The van der Waals surface area contributed by atoms with Crippen LogP contribution >= 0.6 is 0 Å². The molecular weight excluding hydrogens is 608 g/mol. The predicted octanol–water partition coefficient (Wildman–Crippen LogP) is 8.16. The van der Waals surface area contributed by atoms with E-state index in [9.17, 15) is 14.7 Å². The van der Waals surface area contributed by atoms with E-state index in [-0.39, 0.29) is 31.6 Å². The molecule has 0 radical (unpaired) electrons. The number of carboxylic acids is 1. The van der Waals surface area contributed by atoms with E-state index in [4.69, 9.17) is 23.6 Å². The number of nitrogens with zero attached hydrogens (tertiary/aromatic N) is 2. The summed E-state index contributed by atoms with van der Waals surface area (Å²) < 4.78 is 23.3. The summed E-state index contributed by atoms with van der Waals surface area (Å²) in [5.74, 6) is 1.22. The summed E-state index contributed by atoms with van der Waals surface area (Å²) in [6, 6.07) is 24.7. The standard InChI is InChI=1S/C39H46N2O7/c1-27-10-8-14-32(22-27)36-40-35(28(2)48-36)26-46-34-15-9-13-29(23-34)20-21-41(38(44)47-25-31-16-18-33(45-4)19-17-31)39(3,37(42)43)24-30-11-6-5-7-12-30/h5-8,10-12,14,16-19,22,29,34H,9,13,15,20-21,23-26H2,1-4H3,(H,42,43)/t29?,34?,39-/m1/s1. The summed E-state index contributed by atoms with van der Waals surface area (Å²) in [6.45, 7) is 6.18. The van der Waals surface area contributed by atoms with Gasteiger partial charge in [0.15, 0.2) is 0 Å². The van der Waals surface area contributed by atoms with Crippen molar-refractivity contribution in [1.29, 1.82) is 0 Å². The third-order valence-electron chi connectivity index (χ3n) is 9.30. The molecule has 0 spiro atoms. The Morgan fingerprint density at radius 3 is 2.46 bits per heavy atom. The maximum absolute atomic E-state index is 13.7. The number of ether oxygens (including phenoxy) is 3. The van der Waals surface area contributed by atoms with E-state index in [2.05, 4.69) is 6.07 Å². The van der Waals surface area contributed by atoms with Gasteiger partial charge in [0.2, 0.25) is 5.89 Å². The molecule has 1 aliphatic rings. The maximum Gasteiger partial charge on any atom is 0.411 e. The zero-order chi connectivity index (χ0) is 34.1. The van der Waals surface area contributed by atoms with Crippen molar-refractivity contribution in [2.75, 3.05) is 13.7 Å². The molecule has 1 heterocycles.